The molecular formula is C15H21NO4S. The number of nitrogens with zero attached hydrogens (tertiary/aromatic N) is 1. The van der Waals surface area contributed by atoms with Crippen LogP contribution in [0.25, 0.3) is 0 Å². The molecule has 0 radical (unpaired) electrons. The first-order valence-electron chi connectivity index (χ1n) is 7.25. The minimum Gasteiger partial charge on any atom is -0.478 e. The van der Waals surface area contributed by atoms with Crippen LogP contribution in [0.15, 0.2) is 18.2 Å². The molecule has 0 amide bonds. The zero-order chi connectivity index (χ0) is 15.5. The highest BCUT2D eigenvalue weighted by molar-refractivity contribution is 7.91. The first-order chi connectivity index (χ1) is 9.94. The van der Waals surface area contributed by atoms with Crippen molar-refractivity contribution >= 4 is 21.5 Å². The molecule has 21 heavy (non-hydrogen) atoms. The second-order valence-corrected chi connectivity index (χ2v) is 7.76. The van der Waals surface area contributed by atoms with E-state index in [1.54, 1.807) is 19.1 Å². The van der Waals surface area contributed by atoms with E-state index in [1.165, 1.54) is 0 Å². The molecule has 0 bridgehead atoms. The van der Waals surface area contributed by atoms with Crippen molar-refractivity contribution in [1.29, 1.82) is 0 Å². The number of sulfone groups is 1. The van der Waals surface area contributed by atoms with Gasteiger partial charge < -0.3 is 10.0 Å². The van der Waals surface area contributed by atoms with Gasteiger partial charge in [-0.25, -0.2) is 13.2 Å². The third-order valence-electron chi connectivity index (χ3n) is 3.90. The summed E-state index contributed by atoms with van der Waals surface area (Å²) in [6, 6.07) is 5.31. The maximum atomic E-state index is 11.5. The average Bonchev–Trinajstić information content (AvgIpc) is 2.46. The summed E-state index contributed by atoms with van der Waals surface area (Å²) in [6.07, 6.45) is 2.24. The Labute approximate surface area is 125 Å². The van der Waals surface area contributed by atoms with Gasteiger partial charge in [-0.05, 0) is 37.0 Å². The lowest BCUT2D eigenvalue weighted by atomic mass is 9.96. The Morgan fingerprint density at radius 2 is 2.14 bits per heavy atom. The number of hydrogen-bond donors (Lipinski definition) is 1. The van der Waals surface area contributed by atoms with E-state index in [0.29, 0.717) is 18.5 Å². The molecule has 5 nitrogen and oxygen atoms in total. The Bertz CT molecular complexity index is 625. The van der Waals surface area contributed by atoms with Gasteiger partial charge in [0.2, 0.25) is 0 Å². The SMILES string of the molecule is CCS(=O)(=O)CCCN1CCCc2c(C(=O)O)cccc21. The molecule has 0 aromatic heterocycles. The quantitative estimate of drug-likeness (QED) is 0.869. The summed E-state index contributed by atoms with van der Waals surface area (Å²) in [5, 5.41) is 9.24. The summed E-state index contributed by atoms with van der Waals surface area (Å²) >= 11 is 0. The predicted octanol–water partition coefficient (Wildman–Crippen LogP) is 1.96. The van der Waals surface area contributed by atoms with Gasteiger partial charge in [0.25, 0.3) is 0 Å². The molecule has 0 fully saturated rings. The van der Waals surface area contributed by atoms with Gasteiger partial charge in [0, 0.05) is 24.5 Å². The van der Waals surface area contributed by atoms with Gasteiger partial charge in [0.05, 0.1) is 11.3 Å². The van der Waals surface area contributed by atoms with E-state index < -0.39 is 15.8 Å². The molecule has 1 aromatic carbocycles. The number of benzene rings is 1. The summed E-state index contributed by atoms with van der Waals surface area (Å²) in [7, 11) is -2.94. The van der Waals surface area contributed by atoms with Gasteiger partial charge in [-0.15, -0.1) is 0 Å². The van der Waals surface area contributed by atoms with Crippen LogP contribution in [0.1, 0.15) is 35.7 Å². The van der Waals surface area contributed by atoms with Crippen LogP contribution in [-0.4, -0.2) is 44.1 Å². The van der Waals surface area contributed by atoms with E-state index in [1.807, 2.05) is 6.07 Å². The number of aromatic carboxylic acids is 1. The summed E-state index contributed by atoms with van der Waals surface area (Å²) in [5.41, 5.74) is 2.17. The number of carbonyl (C=O) groups is 1. The Balaban J connectivity index is 2.12. The van der Waals surface area contributed by atoms with Crippen molar-refractivity contribution in [2.24, 2.45) is 0 Å². The Morgan fingerprint density at radius 1 is 1.38 bits per heavy atom. The third-order valence-corrected chi connectivity index (χ3v) is 5.69. The molecule has 1 aliphatic rings. The second kappa shape index (κ2) is 6.47. The van der Waals surface area contributed by atoms with Crippen LogP contribution in [0.3, 0.4) is 0 Å². The smallest absolute Gasteiger partial charge is 0.336 e. The van der Waals surface area contributed by atoms with Crippen molar-refractivity contribution in [3.63, 3.8) is 0 Å². The fourth-order valence-corrected chi connectivity index (χ4v) is 3.61. The highest BCUT2D eigenvalue weighted by Crippen LogP contribution is 2.30. The summed E-state index contributed by atoms with van der Waals surface area (Å²) in [4.78, 5) is 13.4. The highest BCUT2D eigenvalue weighted by Gasteiger charge is 2.22. The molecule has 6 heteroatoms. The zero-order valence-electron chi connectivity index (χ0n) is 12.2. The van der Waals surface area contributed by atoms with Crippen LogP contribution in [0.4, 0.5) is 5.69 Å². The number of fused-ring (bicyclic) bond motifs is 1. The fourth-order valence-electron chi connectivity index (χ4n) is 2.75. The summed E-state index contributed by atoms with van der Waals surface area (Å²) in [6.45, 7) is 3.15. The van der Waals surface area contributed by atoms with E-state index in [2.05, 4.69) is 4.90 Å². The van der Waals surface area contributed by atoms with E-state index in [9.17, 15) is 18.3 Å². The summed E-state index contributed by atoms with van der Waals surface area (Å²) in [5.74, 6) is -0.539. The Kier molecular flexibility index (Phi) is 4.88. The topological polar surface area (TPSA) is 74.7 Å². The van der Waals surface area contributed by atoms with Crippen LogP contribution >= 0.6 is 0 Å². The number of hydrogen-bond acceptors (Lipinski definition) is 4. The molecule has 0 aliphatic carbocycles. The van der Waals surface area contributed by atoms with E-state index >= 15 is 0 Å². The lowest BCUT2D eigenvalue weighted by Gasteiger charge is -2.32. The third kappa shape index (κ3) is 3.75. The summed E-state index contributed by atoms with van der Waals surface area (Å²) < 4.78 is 23.1. The molecule has 0 saturated heterocycles. The molecule has 1 N–H and O–H groups in total. The van der Waals surface area contributed by atoms with Crippen molar-refractivity contribution in [3.05, 3.63) is 29.3 Å². The zero-order valence-corrected chi connectivity index (χ0v) is 13.0. The van der Waals surface area contributed by atoms with Crippen LogP contribution in [0.2, 0.25) is 0 Å². The largest absolute Gasteiger partial charge is 0.478 e. The molecule has 0 unspecified atom stereocenters. The average molecular weight is 311 g/mol. The molecule has 1 aromatic rings. The normalized spacial score (nSPS) is 14.8. The van der Waals surface area contributed by atoms with E-state index in [0.717, 1.165) is 30.6 Å². The first-order valence-corrected chi connectivity index (χ1v) is 9.07. The number of anilines is 1. The molecule has 2 rings (SSSR count). The second-order valence-electron chi connectivity index (χ2n) is 5.29. The molecule has 1 aliphatic heterocycles. The van der Waals surface area contributed by atoms with Crippen molar-refractivity contribution in [2.45, 2.75) is 26.2 Å². The molecule has 0 atom stereocenters. The predicted molar refractivity (Wildman–Crippen MR) is 82.9 cm³/mol. The molecule has 1 heterocycles. The van der Waals surface area contributed by atoms with Crippen molar-refractivity contribution in [3.8, 4) is 0 Å². The number of carboxylic acids is 1. The van der Waals surface area contributed by atoms with Crippen LogP contribution < -0.4 is 4.90 Å². The Morgan fingerprint density at radius 3 is 2.81 bits per heavy atom. The van der Waals surface area contributed by atoms with Gasteiger partial charge in [-0.3, -0.25) is 0 Å². The van der Waals surface area contributed by atoms with Gasteiger partial charge in [0.15, 0.2) is 0 Å². The van der Waals surface area contributed by atoms with Crippen LogP contribution in [-0.2, 0) is 16.3 Å². The fraction of sp³-hybridized carbons (Fsp3) is 0.533. The Hall–Kier alpha value is -1.56. The molecule has 116 valence electrons. The standard InChI is InChI=1S/C15H21NO4S/c1-2-21(19,20)11-5-10-16-9-4-7-12-13(15(17)18)6-3-8-14(12)16/h3,6,8H,2,4-5,7,9-11H2,1H3,(H,17,18). The van der Waals surface area contributed by atoms with Crippen molar-refractivity contribution in [1.82, 2.24) is 0 Å². The van der Waals surface area contributed by atoms with Gasteiger partial charge in [0.1, 0.15) is 9.84 Å². The minimum absolute atomic E-state index is 0.173. The lowest BCUT2D eigenvalue weighted by molar-refractivity contribution is 0.0695. The maximum absolute atomic E-state index is 11.5. The van der Waals surface area contributed by atoms with E-state index in [-0.39, 0.29) is 11.5 Å². The van der Waals surface area contributed by atoms with Gasteiger partial charge in [-0.2, -0.15) is 0 Å². The monoisotopic (exact) mass is 311 g/mol. The number of carboxylic acid groups (broad SMARTS) is 1. The number of rotatable bonds is 6. The van der Waals surface area contributed by atoms with Crippen LogP contribution in [0.5, 0.6) is 0 Å². The molecule has 0 spiro atoms. The van der Waals surface area contributed by atoms with E-state index in [4.69, 9.17) is 0 Å². The van der Waals surface area contributed by atoms with Gasteiger partial charge in [-0.1, -0.05) is 13.0 Å². The lowest BCUT2D eigenvalue weighted by Crippen LogP contribution is -2.32. The first kappa shape index (κ1) is 15.8. The van der Waals surface area contributed by atoms with Crippen LogP contribution in [0, 0.1) is 0 Å². The van der Waals surface area contributed by atoms with Crippen molar-refractivity contribution in [2.75, 3.05) is 29.5 Å². The van der Waals surface area contributed by atoms with Gasteiger partial charge >= 0.3 is 5.97 Å². The maximum Gasteiger partial charge on any atom is 0.336 e. The molecule has 0 saturated carbocycles. The molecular weight excluding hydrogens is 290 g/mol. The minimum atomic E-state index is -2.94. The van der Waals surface area contributed by atoms with Crippen molar-refractivity contribution < 1.29 is 18.3 Å². The highest BCUT2D eigenvalue weighted by atomic mass is 32.2.